The highest BCUT2D eigenvalue weighted by Crippen LogP contribution is 2.26. The van der Waals surface area contributed by atoms with Gasteiger partial charge in [-0.25, -0.2) is 0 Å². The number of hydrogen-bond donors (Lipinski definition) is 1. The van der Waals surface area contributed by atoms with Crippen LogP contribution in [0.25, 0.3) is 0 Å². The van der Waals surface area contributed by atoms with Crippen molar-refractivity contribution in [1.29, 1.82) is 0 Å². The summed E-state index contributed by atoms with van der Waals surface area (Å²) in [6, 6.07) is 17.0. The van der Waals surface area contributed by atoms with E-state index in [9.17, 15) is 0 Å². The molecule has 0 aliphatic rings. The van der Waals surface area contributed by atoms with E-state index >= 15 is 0 Å². The van der Waals surface area contributed by atoms with Crippen LogP contribution in [0.4, 0.5) is 11.4 Å². The maximum absolute atomic E-state index is 5.22. The molecule has 0 radical (unpaired) electrons. The zero-order valence-corrected chi connectivity index (χ0v) is 13.3. The van der Waals surface area contributed by atoms with E-state index in [2.05, 4.69) is 67.6 Å². The second-order valence-electron chi connectivity index (χ2n) is 5.32. The van der Waals surface area contributed by atoms with Crippen LogP contribution < -0.4 is 15.0 Å². The van der Waals surface area contributed by atoms with Gasteiger partial charge in [0.2, 0.25) is 0 Å². The van der Waals surface area contributed by atoms with Crippen LogP contribution in [0.5, 0.6) is 5.75 Å². The molecule has 21 heavy (non-hydrogen) atoms. The monoisotopic (exact) mass is 284 g/mol. The largest absolute Gasteiger partial charge is 0.497 e. The molecule has 0 heterocycles. The average molecular weight is 284 g/mol. The third-order valence-corrected chi connectivity index (χ3v) is 3.63. The van der Waals surface area contributed by atoms with Gasteiger partial charge in [0.1, 0.15) is 5.75 Å². The Kier molecular flexibility index (Phi) is 5.09. The van der Waals surface area contributed by atoms with Gasteiger partial charge in [-0.3, -0.25) is 0 Å². The Morgan fingerprint density at radius 2 is 1.81 bits per heavy atom. The SMILES string of the molecule is CCC(Nc1cccc(N(C)C)c1)c1ccc(OC)cc1. The van der Waals surface area contributed by atoms with Gasteiger partial charge in [0, 0.05) is 25.5 Å². The number of anilines is 2. The zero-order chi connectivity index (χ0) is 15.2. The summed E-state index contributed by atoms with van der Waals surface area (Å²) >= 11 is 0. The van der Waals surface area contributed by atoms with Gasteiger partial charge >= 0.3 is 0 Å². The molecule has 1 unspecified atom stereocenters. The van der Waals surface area contributed by atoms with E-state index in [1.165, 1.54) is 11.3 Å². The molecule has 0 spiro atoms. The molecule has 0 bridgehead atoms. The van der Waals surface area contributed by atoms with Crippen molar-refractivity contribution in [2.45, 2.75) is 19.4 Å². The van der Waals surface area contributed by atoms with Crippen molar-refractivity contribution in [2.24, 2.45) is 0 Å². The Labute approximate surface area is 127 Å². The molecule has 3 heteroatoms. The molecule has 112 valence electrons. The molecule has 0 aliphatic heterocycles. The Bertz CT molecular complexity index is 564. The fraction of sp³-hybridized carbons (Fsp3) is 0.333. The van der Waals surface area contributed by atoms with Crippen LogP contribution in [0.1, 0.15) is 24.9 Å². The minimum absolute atomic E-state index is 0.299. The number of hydrogen-bond acceptors (Lipinski definition) is 3. The third kappa shape index (κ3) is 3.91. The number of benzene rings is 2. The van der Waals surface area contributed by atoms with Crippen molar-refractivity contribution in [3.63, 3.8) is 0 Å². The summed E-state index contributed by atoms with van der Waals surface area (Å²) in [7, 11) is 5.80. The summed E-state index contributed by atoms with van der Waals surface area (Å²) < 4.78 is 5.22. The first-order valence-corrected chi connectivity index (χ1v) is 7.32. The topological polar surface area (TPSA) is 24.5 Å². The van der Waals surface area contributed by atoms with Gasteiger partial charge in [-0.1, -0.05) is 25.1 Å². The molecule has 0 aliphatic carbocycles. The van der Waals surface area contributed by atoms with E-state index in [0.29, 0.717) is 6.04 Å². The van der Waals surface area contributed by atoms with Crippen molar-refractivity contribution < 1.29 is 4.74 Å². The third-order valence-electron chi connectivity index (χ3n) is 3.63. The van der Waals surface area contributed by atoms with Crippen molar-refractivity contribution in [2.75, 3.05) is 31.4 Å². The van der Waals surface area contributed by atoms with Gasteiger partial charge in [-0.05, 0) is 42.3 Å². The maximum Gasteiger partial charge on any atom is 0.118 e. The lowest BCUT2D eigenvalue weighted by Crippen LogP contribution is -2.12. The summed E-state index contributed by atoms with van der Waals surface area (Å²) in [5.41, 5.74) is 3.61. The van der Waals surface area contributed by atoms with Crippen molar-refractivity contribution in [1.82, 2.24) is 0 Å². The van der Waals surface area contributed by atoms with Gasteiger partial charge in [0.15, 0.2) is 0 Å². The lowest BCUT2D eigenvalue weighted by molar-refractivity contribution is 0.414. The normalized spacial score (nSPS) is 11.8. The van der Waals surface area contributed by atoms with E-state index in [4.69, 9.17) is 4.74 Å². The molecule has 0 amide bonds. The minimum atomic E-state index is 0.299. The average Bonchev–Trinajstić information content (AvgIpc) is 2.53. The second kappa shape index (κ2) is 7.02. The summed E-state index contributed by atoms with van der Waals surface area (Å²) in [5.74, 6) is 0.892. The van der Waals surface area contributed by atoms with E-state index in [1.807, 2.05) is 12.1 Å². The fourth-order valence-corrected chi connectivity index (χ4v) is 2.33. The Morgan fingerprint density at radius 1 is 1.10 bits per heavy atom. The van der Waals surface area contributed by atoms with Gasteiger partial charge < -0.3 is 15.0 Å². The Hall–Kier alpha value is -2.16. The van der Waals surface area contributed by atoms with Crippen LogP contribution in [0.3, 0.4) is 0 Å². The number of nitrogens with one attached hydrogen (secondary N) is 1. The molecule has 1 N–H and O–H groups in total. The van der Waals surface area contributed by atoms with E-state index in [1.54, 1.807) is 7.11 Å². The molecule has 1 atom stereocenters. The predicted molar refractivity (Wildman–Crippen MR) is 90.4 cm³/mol. The van der Waals surface area contributed by atoms with Crippen molar-refractivity contribution in [3.05, 3.63) is 54.1 Å². The first-order chi connectivity index (χ1) is 10.1. The van der Waals surface area contributed by atoms with Gasteiger partial charge in [0.05, 0.1) is 13.2 Å². The number of rotatable bonds is 6. The Balaban J connectivity index is 2.16. The molecule has 0 saturated carbocycles. The van der Waals surface area contributed by atoms with Crippen LogP contribution in [0, 0.1) is 0 Å². The van der Waals surface area contributed by atoms with Crippen molar-refractivity contribution >= 4 is 11.4 Å². The van der Waals surface area contributed by atoms with Crippen LogP contribution in [0.2, 0.25) is 0 Å². The van der Waals surface area contributed by atoms with Gasteiger partial charge in [0.25, 0.3) is 0 Å². The summed E-state index contributed by atoms with van der Waals surface area (Å²) in [6.07, 6.45) is 1.03. The fourth-order valence-electron chi connectivity index (χ4n) is 2.33. The minimum Gasteiger partial charge on any atom is -0.497 e. The molecule has 0 fully saturated rings. The Morgan fingerprint density at radius 3 is 2.38 bits per heavy atom. The first kappa shape index (κ1) is 15.2. The summed E-state index contributed by atoms with van der Waals surface area (Å²) in [4.78, 5) is 2.11. The molecule has 2 aromatic rings. The highest BCUT2D eigenvalue weighted by atomic mass is 16.5. The number of nitrogens with zero attached hydrogens (tertiary/aromatic N) is 1. The van der Waals surface area contributed by atoms with E-state index in [-0.39, 0.29) is 0 Å². The molecule has 2 aromatic carbocycles. The van der Waals surface area contributed by atoms with Gasteiger partial charge in [-0.2, -0.15) is 0 Å². The molecule has 3 nitrogen and oxygen atoms in total. The number of ether oxygens (including phenoxy) is 1. The predicted octanol–water partition coefficient (Wildman–Crippen LogP) is 4.32. The smallest absolute Gasteiger partial charge is 0.118 e. The standard InChI is InChI=1S/C18H24N2O/c1-5-18(14-9-11-17(21-4)12-10-14)19-15-7-6-8-16(13-15)20(2)3/h6-13,18-19H,5H2,1-4H3. The van der Waals surface area contributed by atoms with Crippen LogP contribution >= 0.6 is 0 Å². The lowest BCUT2D eigenvalue weighted by atomic mass is 10.0. The molecule has 0 aromatic heterocycles. The zero-order valence-electron chi connectivity index (χ0n) is 13.3. The molecule has 0 saturated heterocycles. The van der Waals surface area contributed by atoms with Crippen LogP contribution in [0.15, 0.2) is 48.5 Å². The van der Waals surface area contributed by atoms with Crippen molar-refractivity contribution in [3.8, 4) is 5.75 Å². The van der Waals surface area contributed by atoms with E-state index < -0.39 is 0 Å². The first-order valence-electron chi connectivity index (χ1n) is 7.32. The molecular weight excluding hydrogens is 260 g/mol. The summed E-state index contributed by atoms with van der Waals surface area (Å²) in [5, 5.41) is 3.61. The maximum atomic E-state index is 5.22. The molecule has 2 rings (SSSR count). The van der Waals surface area contributed by atoms with Crippen LogP contribution in [-0.4, -0.2) is 21.2 Å². The quantitative estimate of drug-likeness (QED) is 0.854. The van der Waals surface area contributed by atoms with E-state index in [0.717, 1.165) is 17.9 Å². The second-order valence-corrected chi connectivity index (χ2v) is 5.32. The number of methoxy groups -OCH3 is 1. The van der Waals surface area contributed by atoms with Gasteiger partial charge in [-0.15, -0.1) is 0 Å². The highest BCUT2D eigenvalue weighted by Gasteiger charge is 2.09. The van der Waals surface area contributed by atoms with Crippen LogP contribution in [-0.2, 0) is 0 Å². The molecular formula is C18H24N2O. The summed E-state index contributed by atoms with van der Waals surface area (Å²) in [6.45, 7) is 2.19. The highest BCUT2D eigenvalue weighted by molar-refractivity contribution is 5.58. The lowest BCUT2D eigenvalue weighted by Gasteiger charge is -2.21.